The van der Waals surface area contributed by atoms with E-state index >= 15 is 0 Å². The quantitative estimate of drug-likeness (QED) is 0.484. The summed E-state index contributed by atoms with van der Waals surface area (Å²) in [4.78, 5) is 21.4. The van der Waals surface area contributed by atoms with E-state index in [4.69, 9.17) is 4.74 Å². The number of nitrogens with one attached hydrogen (secondary N) is 1. The van der Waals surface area contributed by atoms with Crippen LogP contribution in [0, 0.1) is 10.1 Å². The van der Waals surface area contributed by atoms with Crippen LogP contribution < -0.4 is 10.1 Å². The number of nitrogens with zero attached hydrogens (tertiary/aromatic N) is 1. The molecule has 0 aliphatic rings. The van der Waals surface area contributed by atoms with Gasteiger partial charge in [0.25, 0.3) is 5.69 Å². The molecule has 2 aromatic rings. The van der Waals surface area contributed by atoms with Gasteiger partial charge in [-0.1, -0.05) is 30.3 Å². The fraction of sp³-hybridized carbons (Fsp3) is 0.188. The highest BCUT2D eigenvalue weighted by Crippen LogP contribution is 2.32. The summed E-state index contributed by atoms with van der Waals surface area (Å²) in [6, 6.07) is 13.8. The molecule has 0 bridgehead atoms. The zero-order valence-electron chi connectivity index (χ0n) is 12.1. The van der Waals surface area contributed by atoms with Gasteiger partial charge in [-0.2, -0.15) is 0 Å². The normalized spacial score (nSPS) is 11.5. The first-order valence-corrected chi connectivity index (χ1v) is 6.71. The number of nitro benzene ring substituents is 1. The number of nitro groups is 1. The second-order valence-corrected chi connectivity index (χ2v) is 4.67. The van der Waals surface area contributed by atoms with Gasteiger partial charge in [0.1, 0.15) is 5.75 Å². The van der Waals surface area contributed by atoms with Gasteiger partial charge in [0.15, 0.2) is 0 Å². The Kier molecular flexibility index (Phi) is 5.08. The highest BCUT2D eigenvalue weighted by Gasteiger charge is 2.23. The molecule has 1 N–H and O–H groups in total. The molecule has 22 heavy (non-hydrogen) atoms. The lowest BCUT2D eigenvalue weighted by Crippen LogP contribution is -2.21. The van der Waals surface area contributed by atoms with Crippen molar-refractivity contribution in [1.29, 1.82) is 0 Å². The van der Waals surface area contributed by atoms with Crippen LogP contribution in [-0.2, 0) is 4.79 Å². The van der Waals surface area contributed by atoms with Gasteiger partial charge in [-0.05, 0) is 17.7 Å². The summed E-state index contributed by atoms with van der Waals surface area (Å²) in [6.45, 7) is 0.278. The number of amides is 1. The van der Waals surface area contributed by atoms with E-state index in [2.05, 4.69) is 5.32 Å². The van der Waals surface area contributed by atoms with E-state index < -0.39 is 4.92 Å². The lowest BCUT2D eigenvalue weighted by molar-refractivity contribution is -0.385. The maximum absolute atomic E-state index is 11.2. The molecule has 0 aliphatic heterocycles. The smallest absolute Gasteiger partial charge is 0.273 e. The van der Waals surface area contributed by atoms with E-state index in [1.165, 1.54) is 6.07 Å². The molecule has 0 saturated carbocycles. The standard InChI is InChI=1S/C16H16N2O4/c1-22-13-8-6-12(7-9-13)15(10-17-11-19)14-4-2-3-5-16(14)18(20)21/h2-9,11,15H,10H2,1H3,(H,17,19). The van der Waals surface area contributed by atoms with Gasteiger partial charge in [0, 0.05) is 24.1 Å². The molecule has 0 saturated heterocycles. The SMILES string of the molecule is COc1ccc(C(CNC=O)c2ccccc2[N+](=O)[O-])cc1. The van der Waals surface area contributed by atoms with Gasteiger partial charge in [0.2, 0.25) is 6.41 Å². The van der Waals surface area contributed by atoms with Gasteiger partial charge in [0.05, 0.1) is 12.0 Å². The summed E-state index contributed by atoms with van der Waals surface area (Å²) in [7, 11) is 1.57. The van der Waals surface area contributed by atoms with E-state index in [0.717, 1.165) is 5.56 Å². The Morgan fingerprint density at radius 3 is 2.50 bits per heavy atom. The molecule has 1 amide bonds. The first-order chi connectivity index (χ1) is 10.7. The minimum Gasteiger partial charge on any atom is -0.497 e. The predicted octanol–water partition coefficient (Wildman–Crippen LogP) is 2.48. The van der Waals surface area contributed by atoms with Crippen molar-refractivity contribution in [3.05, 3.63) is 69.8 Å². The lowest BCUT2D eigenvalue weighted by Gasteiger charge is -2.18. The van der Waals surface area contributed by atoms with Crippen molar-refractivity contribution < 1.29 is 14.5 Å². The number of carbonyl (C=O) groups is 1. The topological polar surface area (TPSA) is 81.5 Å². The van der Waals surface area contributed by atoms with Crippen LogP contribution in [0.4, 0.5) is 5.69 Å². The monoisotopic (exact) mass is 300 g/mol. The van der Waals surface area contributed by atoms with Crippen LogP contribution in [0.15, 0.2) is 48.5 Å². The van der Waals surface area contributed by atoms with Crippen molar-refractivity contribution in [2.75, 3.05) is 13.7 Å². The van der Waals surface area contributed by atoms with Crippen LogP contribution in [0.1, 0.15) is 17.0 Å². The molecule has 0 aliphatic carbocycles. The molecule has 6 heteroatoms. The molecule has 2 rings (SSSR count). The molecule has 114 valence electrons. The fourth-order valence-corrected chi connectivity index (χ4v) is 2.36. The number of benzene rings is 2. The van der Waals surface area contributed by atoms with Crippen molar-refractivity contribution in [1.82, 2.24) is 5.32 Å². The largest absolute Gasteiger partial charge is 0.497 e. The maximum atomic E-state index is 11.2. The van der Waals surface area contributed by atoms with Crippen molar-refractivity contribution >= 4 is 12.1 Å². The third kappa shape index (κ3) is 3.41. The van der Waals surface area contributed by atoms with E-state index in [1.807, 2.05) is 12.1 Å². The third-order valence-electron chi connectivity index (χ3n) is 3.43. The van der Waals surface area contributed by atoms with Crippen LogP contribution in [0.5, 0.6) is 5.75 Å². The molecule has 0 radical (unpaired) electrons. The minimum atomic E-state index is -0.410. The Labute approximate surface area is 127 Å². The first-order valence-electron chi connectivity index (χ1n) is 6.71. The van der Waals surface area contributed by atoms with Crippen molar-refractivity contribution in [2.45, 2.75) is 5.92 Å². The van der Waals surface area contributed by atoms with Gasteiger partial charge in [-0.15, -0.1) is 0 Å². The second-order valence-electron chi connectivity index (χ2n) is 4.67. The predicted molar refractivity (Wildman–Crippen MR) is 82.0 cm³/mol. The Balaban J connectivity index is 2.45. The van der Waals surface area contributed by atoms with E-state index in [0.29, 0.717) is 17.7 Å². The second kappa shape index (κ2) is 7.21. The number of hydrogen-bond donors (Lipinski definition) is 1. The molecule has 0 fully saturated rings. The molecule has 0 spiro atoms. The number of methoxy groups -OCH3 is 1. The summed E-state index contributed by atoms with van der Waals surface area (Å²) in [5.41, 5.74) is 1.47. The summed E-state index contributed by atoms with van der Waals surface area (Å²) in [5.74, 6) is 0.395. The molecule has 1 atom stereocenters. The zero-order valence-corrected chi connectivity index (χ0v) is 12.1. The summed E-state index contributed by atoms with van der Waals surface area (Å²) < 4.78 is 5.12. The Bertz CT molecular complexity index is 655. The molecule has 6 nitrogen and oxygen atoms in total. The summed E-state index contributed by atoms with van der Waals surface area (Å²) in [5, 5.41) is 13.8. The minimum absolute atomic E-state index is 0.0380. The number of para-hydroxylation sites is 1. The molecular weight excluding hydrogens is 284 g/mol. The molecule has 1 unspecified atom stereocenters. The van der Waals surface area contributed by atoms with Gasteiger partial charge >= 0.3 is 0 Å². The molecule has 2 aromatic carbocycles. The van der Waals surface area contributed by atoms with Crippen LogP contribution in [-0.4, -0.2) is 25.0 Å². The van der Waals surface area contributed by atoms with E-state index in [1.54, 1.807) is 37.4 Å². The summed E-state index contributed by atoms with van der Waals surface area (Å²) in [6.07, 6.45) is 0.589. The van der Waals surface area contributed by atoms with Crippen LogP contribution >= 0.6 is 0 Å². The molecule has 0 aromatic heterocycles. The average molecular weight is 300 g/mol. The van der Waals surface area contributed by atoms with Crippen LogP contribution in [0.2, 0.25) is 0 Å². The van der Waals surface area contributed by atoms with Gasteiger partial charge in [-0.25, -0.2) is 0 Å². The van der Waals surface area contributed by atoms with Crippen molar-refractivity contribution in [3.8, 4) is 5.75 Å². The van der Waals surface area contributed by atoms with Gasteiger partial charge < -0.3 is 10.1 Å². The third-order valence-corrected chi connectivity index (χ3v) is 3.43. The van der Waals surface area contributed by atoms with Gasteiger partial charge in [-0.3, -0.25) is 14.9 Å². The highest BCUT2D eigenvalue weighted by molar-refractivity contribution is 5.50. The number of rotatable bonds is 7. The number of carbonyl (C=O) groups excluding carboxylic acids is 1. The van der Waals surface area contributed by atoms with Crippen LogP contribution in [0.3, 0.4) is 0 Å². The fourth-order valence-electron chi connectivity index (χ4n) is 2.36. The van der Waals surface area contributed by atoms with E-state index in [-0.39, 0.29) is 18.2 Å². The highest BCUT2D eigenvalue weighted by atomic mass is 16.6. The number of hydrogen-bond acceptors (Lipinski definition) is 4. The zero-order chi connectivity index (χ0) is 15.9. The van der Waals surface area contributed by atoms with Crippen LogP contribution in [0.25, 0.3) is 0 Å². The first kappa shape index (κ1) is 15.5. The van der Waals surface area contributed by atoms with E-state index in [9.17, 15) is 14.9 Å². The Hall–Kier alpha value is -2.89. The Morgan fingerprint density at radius 1 is 1.23 bits per heavy atom. The Morgan fingerprint density at radius 2 is 1.91 bits per heavy atom. The average Bonchev–Trinajstić information content (AvgIpc) is 2.56. The van der Waals surface area contributed by atoms with Crippen molar-refractivity contribution in [2.24, 2.45) is 0 Å². The number of ether oxygens (including phenoxy) is 1. The molecule has 0 heterocycles. The summed E-state index contributed by atoms with van der Waals surface area (Å²) >= 11 is 0. The van der Waals surface area contributed by atoms with Crippen molar-refractivity contribution in [3.63, 3.8) is 0 Å². The molecular formula is C16H16N2O4. The maximum Gasteiger partial charge on any atom is 0.273 e. The lowest BCUT2D eigenvalue weighted by atomic mass is 9.90.